The Morgan fingerprint density at radius 3 is 2.09 bits per heavy atom. The first-order chi connectivity index (χ1) is 21.7. The molecule has 256 valence electrons. The SMILES string of the molecule is CCC(C)(CC(CC(C)C(=O)OC12CC3CC(CC(O)(C3)C1)C2)C(=O)OC1CCOC1=O)C(=O)OC1(C)C2CC3CC(C2)CC1C3. The van der Waals surface area contributed by atoms with Crippen LogP contribution in [0, 0.1) is 52.8 Å². The number of rotatable bonds is 11. The zero-order chi connectivity index (χ0) is 32.6. The van der Waals surface area contributed by atoms with Crippen molar-refractivity contribution < 1.29 is 43.2 Å². The lowest BCUT2D eigenvalue weighted by Gasteiger charge is -2.59. The Kier molecular flexibility index (Phi) is 8.08. The van der Waals surface area contributed by atoms with E-state index in [1.165, 1.54) is 6.42 Å². The normalized spacial score (nSPS) is 44.3. The Hall–Kier alpha value is -2.16. The van der Waals surface area contributed by atoms with E-state index in [2.05, 4.69) is 6.92 Å². The molecule has 9 nitrogen and oxygen atoms in total. The number of esters is 4. The van der Waals surface area contributed by atoms with Gasteiger partial charge in [-0.15, -0.1) is 0 Å². The summed E-state index contributed by atoms with van der Waals surface area (Å²) in [5.41, 5.74) is -2.88. The van der Waals surface area contributed by atoms with Gasteiger partial charge in [0.1, 0.15) is 11.2 Å². The number of ether oxygens (including phenoxy) is 4. The van der Waals surface area contributed by atoms with Gasteiger partial charge in [0, 0.05) is 12.8 Å². The lowest BCUT2D eigenvalue weighted by atomic mass is 9.50. The first kappa shape index (κ1) is 32.4. The molecule has 0 spiro atoms. The second kappa shape index (κ2) is 11.5. The Morgan fingerprint density at radius 1 is 0.935 bits per heavy atom. The van der Waals surface area contributed by atoms with Crippen molar-refractivity contribution in [3.8, 4) is 0 Å². The number of hydrogen-bond acceptors (Lipinski definition) is 9. The predicted octanol–water partition coefficient (Wildman–Crippen LogP) is 5.68. The highest BCUT2D eigenvalue weighted by molar-refractivity contribution is 5.83. The van der Waals surface area contributed by atoms with Crippen LogP contribution in [0.25, 0.3) is 0 Å². The molecular formula is C37H54O9. The van der Waals surface area contributed by atoms with Gasteiger partial charge in [-0.3, -0.25) is 14.4 Å². The monoisotopic (exact) mass is 642 g/mol. The van der Waals surface area contributed by atoms with Crippen LogP contribution in [0.2, 0.25) is 0 Å². The maximum absolute atomic E-state index is 14.1. The lowest BCUT2D eigenvalue weighted by Crippen LogP contribution is -2.60. The molecule has 6 unspecified atom stereocenters. The van der Waals surface area contributed by atoms with Crippen molar-refractivity contribution in [2.75, 3.05) is 6.61 Å². The molecule has 0 amide bonds. The molecule has 9 rings (SSSR count). The number of carbonyl (C=O) groups is 4. The maximum atomic E-state index is 14.1. The highest BCUT2D eigenvalue weighted by Crippen LogP contribution is 2.61. The summed E-state index contributed by atoms with van der Waals surface area (Å²) in [6.07, 6.45) is 10.5. The second-order valence-electron chi connectivity index (χ2n) is 17.5. The van der Waals surface area contributed by atoms with Crippen molar-refractivity contribution in [3.05, 3.63) is 0 Å². The summed E-state index contributed by atoms with van der Waals surface area (Å²) in [5, 5.41) is 11.2. The number of hydrogen-bond donors (Lipinski definition) is 1. The van der Waals surface area contributed by atoms with E-state index >= 15 is 0 Å². The van der Waals surface area contributed by atoms with E-state index in [0.29, 0.717) is 42.9 Å². The molecule has 0 aromatic heterocycles. The van der Waals surface area contributed by atoms with Crippen molar-refractivity contribution in [3.63, 3.8) is 0 Å². The fourth-order valence-electron chi connectivity index (χ4n) is 11.7. The molecule has 9 aliphatic rings. The van der Waals surface area contributed by atoms with E-state index in [9.17, 15) is 24.3 Å². The van der Waals surface area contributed by atoms with Gasteiger partial charge in [0.05, 0.1) is 29.5 Å². The molecule has 9 fully saturated rings. The smallest absolute Gasteiger partial charge is 0.347 e. The van der Waals surface area contributed by atoms with E-state index < -0.39 is 52.1 Å². The fourth-order valence-corrected chi connectivity index (χ4v) is 11.7. The molecule has 46 heavy (non-hydrogen) atoms. The molecule has 1 aliphatic heterocycles. The van der Waals surface area contributed by atoms with Gasteiger partial charge in [-0.05, 0) is 133 Å². The summed E-state index contributed by atoms with van der Waals surface area (Å²) < 4.78 is 23.5. The van der Waals surface area contributed by atoms with E-state index in [1.54, 1.807) is 6.92 Å². The molecule has 1 N–H and O–H groups in total. The Labute approximate surface area is 273 Å². The zero-order valence-corrected chi connectivity index (χ0v) is 28.2. The van der Waals surface area contributed by atoms with E-state index in [0.717, 1.165) is 69.6 Å². The summed E-state index contributed by atoms with van der Waals surface area (Å²) in [6, 6.07) is 0. The average Bonchev–Trinajstić information content (AvgIpc) is 3.37. The number of carbonyl (C=O) groups excluding carboxylic acids is 4. The molecule has 0 radical (unpaired) electrons. The molecule has 1 saturated heterocycles. The minimum atomic E-state index is -0.982. The minimum absolute atomic E-state index is 0.126. The summed E-state index contributed by atoms with van der Waals surface area (Å²) in [4.78, 5) is 53.8. The molecule has 6 atom stereocenters. The predicted molar refractivity (Wildman–Crippen MR) is 166 cm³/mol. The van der Waals surface area contributed by atoms with Crippen molar-refractivity contribution in [2.45, 2.75) is 147 Å². The molecule has 0 aromatic carbocycles. The molecule has 0 aromatic rings. The van der Waals surface area contributed by atoms with Crippen LogP contribution in [0.5, 0.6) is 0 Å². The molecular weight excluding hydrogens is 588 g/mol. The van der Waals surface area contributed by atoms with E-state index in [-0.39, 0.29) is 31.4 Å². The highest BCUT2D eigenvalue weighted by Gasteiger charge is 2.60. The molecule has 8 bridgehead atoms. The molecule has 1 heterocycles. The van der Waals surface area contributed by atoms with E-state index in [4.69, 9.17) is 18.9 Å². The van der Waals surface area contributed by atoms with Crippen LogP contribution in [-0.2, 0) is 38.1 Å². The largest absolute Gasteiger partial charge is 0.463 e. The van der Waals surface area contributed by atoms with Crippen molar-refractivity contribution >= 4 is 23.9 Å². The summed E-state index contributed by atoms with van der Waals surface area (Å²) in [7, 11) is 0. The van der Waals surface area contributed by atoms with Gasteiger partial charge in [-0.2, -0.15) is 0 Å². The van der Waals surface area contributed by atoms with Gasteiger partial charge in [0.2, 0.25) is 6.10 Å². The second-order valence-corrected chi connectivity index (χ2v) is 17.5. The number of aliphatic hydroxyl groups is 1. The Morgan fingerprint density at radius 2 is 1.54 bits per heavy atom. The first-order valence-corrected chi connectivity index (χ1v) is 18.3. The average molecular weight is 643 g/mol. The van der Waals surface area contributed by atoms with Crippen LogP contribution < -0.4 is 0 Å². The van der Waals surface area contributed by atoms with Crippen molar-refractivity contribution in [1.82, 2.24) is 0 Å². The van der Waals surface area contributed by atoms with Gasteiger partial charge in [0.25, 0.3) is 0 Å². The zero-order valence-electron chi connectivity index (χ0n) is 28.2. The Bertz CT molecular complexity index is 1220. The van der Waals surface area contributed by atoms with Crippen LogP contribution in [0.3, 0.4) is 0 Å². The molecule has 8 saturated carbocycles. The van der Waals surface area contributed by atoms with Gasteiger partial charge in [0.15, 0.2) is 0 Å². The van der Waals surface area contributed by atoms with Crippen LogP contribution >= 0.6 is 0 Å². The van der Waals surface area contributed by atoms with Crippen molar-refractivity contribution in [1.29, 1.82) is 0 Å². The van der Waals surface area contributed by atoms with Crippen LogP contribution in [0.15, 0.2) is 0 Å². The van der Waals surface area contributed by atoms with Gasteiger partial charge >= 0.3 is 23.9 Å². The van der Waals surface area contributed by atoms with Crippen LogP contribution in [0.4, 0.5) is 0 Å². The van der Waals surface area contributed by atoms with Crippen molar-refractivity contribution in [2.24, 2.45) is 52.8 Å². The fraction of sp³-hybridized carbons (Fsp3) is 0.892. The van der Waals surface area contributed by atoms with Gasteiger partial charge in [-0.1, -0.05) is 13.8 Å². The number of cyclic esters (lactones) is 1. The summed E-state index contributed by atoms with van der Waals surface area (Å²) in [6.45, 7) is 7.89. The molecule has 8 aliphatic carbocycles. The standard InChI is InChI=1S/C37H54O9/c1-5-34(3,33(41)46-35(4)27-11-22-9-23(13-27)14-28(35)12-22)19-26(31(39)44-29-6-7-43-32(29)40)8-21(2)30(38)45-37-17-24-10-25(18-37)16-36(42,15-24)20-37/h21-29,42H,5-20H2,1-4H3. The van der Waals surface area contributed by atoms with Crippen LogP contribution in [-0.4, -0.2) is 58.5 Å². The maximum Gasteiger partial charge on any atom is 0.347 e. The quantitative estimate of drug-likeness (QED) is 0.224. The van der Waals surface area contributed by atoms with Gasteiger partial charge in [-0.25, -0.2) is 4.79 Å². The third-order valence-electron chi connectivity index (χ3n) is 13.9. The first-order valence-electron chi connectivity index (χ1n) is 18.3. The highest BCUT2D eigenvalue weighted by atomic mass is 16.6. The lowest BCUT2D eigenvalue weighted by molar-refractivity contribution is -0.222. The summed E-state index contributed by atoms with van der Waals surface area (Å²) >= 11 is 0. The summed E-state index contributed by atoms with van der Waals surface area (Å²) in [5.74, 6) is -0.312. The Balaban J connectivity index is 1.06. The minimum Gasteiger partial charge on any atom is -0.463 e. The third-order valence-corrected chi connectivity index (χ3v) is 13.9. The third kappa shape index (κ3) is 5.78. The van der Waals surface area contributed by atoms with Crippen LogP contribution in [0.1, 0.15) is 124 Å². The molecule has 9 heteroatoms. The van der Waals surface area contributed by atoms with Gasteiger partial charge < -0.3 is 24.1 Å². The topological polar surface area (TPSA) is 125 Å². The van der Waals surface area contributed by atoms with E-state index in [1.807, 2.05) is 13.8 Å².